The Kier molecular flexibility index (Phi) is 3.10. The summed E-state index contributed by atoms with van der Waals surface area (Å²) >= 11 is 0. The van der Waals surface area contributed by atoms with Gasteiger partial charge in [-0.2, -0.15) is 0 Å². The molecule has 0 spiro atoms. The van der Waals surface area contributed by atoms with Gasteiger partial charge in [-0.15, -0.1) is 0 Å². The van der Waals surface area contributed by atoms with E-state index in [4.69, 9.17) is 0 Å². The van der Waals surface area contributed by atoms with Gasteiger partial charge in [0.25, 0.3) is 0 Å². The second-order valence-corrected chi connectivity index (χ2v) is 9.01. The number of hydrogen-bond donors (Lipinski definition) is 1. The highest BCUT2D eigenvalue weighted by atomic mass is 16.3. The fourth-order valence-electron chi connectivity index (χ4n) is 7.10. The van der Waals surface area contributed by atoms with Crippen LogP contribution in [0.2, 0.25) is 0 Å². The molecule has 0 amide bonds. The summed E-state index contributed by atoms with van der Waals surface area (Å²) in [5.41, 5.74) is 0.338. The summed E-state index contributed by atoms with van der Waals surface area (Å²) in [5, 5.41) is 10.2. The van der Waals surface area contributed by atoms with E-state index in [1.807, 2.05) is 0 Å². The first-order valence-corrected chi connectivity index (χ1v) is 9.16. The highest BCUT2D eigenvalue weighted by molar-refractivity contribution is 5.87. The van der Waals surface area contributed by atoms with Crippen LogP contribution in [-0.2, 0) is 4.79 Å². The Labute approximate surface area is 128 Å². The zero-order valence-corrected chi connectivity index (χ0v) is 13.6. The van der Waals surface area contributed by atoms with Gasteiger partial charge in [0.15, 0.2) is 0 Å². The Morgan fingerprint density at radius 1 is 1.00 bits per heavy atom. The van der Waals surface area contributed by atoms with Gasteiger partial charge in [-0.05, 0) is 80.5 Å². The van der Waals surface area contributed by atoms with E-state index < -0.39 is 0 Å². The molecule has 0 aliphatic heterocycles. The van der Waals surface area contributed by atoms with Gasteiger partial charge in [0.2, 0.25) is 0 Å². The number of carbonyl (C=O) groups is 1. The Morgan fingerprint density at radius 2 is 1.76 bits per heavy atom. The fraction of sp³-hybridized carbons (Fsp3) is 0.947. The molecule has 0 saturated heterocycles. The largest absolute Gasteiger partial charge is 0.393 e. The van der Waals surface area contributed by atoms with Crippen LogP contribution in [0.3, 0.4) is 0 Å². The van der Waals surface area contributed by atoms with Crippen molar-refractivity contribution >= 4 is 5.78 Å². The Bertz CT molecular complexity index is 458. The predicted molar refractivity (Wildman–Crippen MR) is 82.7 cm³/mol. The van der Waals surface area contributed by atoms with E-state index in [-0.39, 0.29) is 11.5 Å². The number of hydrogen-bond acceptors (Lipinski definition) is 2. The van der Waals surface area contributed by atoms with Gasteiger partial charge < -0.3 is 5.11 Å². The molecule has 21 heavy (non-hydrogen) atoms. The third kappa shape index (κ3) is 1.84. The van der Waals surface area contributed by atoms with Crippen LogP contribution in [0.15, 0.2) is 0 Å². The molecule has 0 radical (unpaired) electrons. The summed E-state index contributed by atoms with van der Waals surface area (Å²) < 4.78 is 0. The standard InChI is InChI=1S/C19H30O2/c1-18-10-9-16-14(15(18)7-8-17(18)21)6-4-12-3-5-13(20)11-19(12,16)2/h12-16,20H,3-11H2,1-2H3/t12?,13?,14-,15-,16-,18-,19-/m0/s1. The second kappa shape index (κ2) is 4.57. The molecule has 118 valence electrons. The smallest absolute Gasteiger partial charge is 0.139 e. The number of carbonyl (C=O) groups excluding carboxylic acids is 1. The molecule has 4 fully saturated rings. The van der Waals surface area contributed by atoms with Crippen LogP contribution in [-0.4, -0.2) is 17.0 Å². The van der Waals surface area contributed by atoms with Gasteiger partial charge in [0, 0.05) is 11.8 Å². The van der Waals surface area contributed by atoms with Crippen molar-refractivity contribution in [2.45, 2.75) is 77.7 Å². The lowest BCUT2D eigenvalue weighted by atomic mass is 9.45. The van der Waals surface area contributed by atoms with Gasteiger partial charge in [-0.25, -0.2) is 0 Å². The zero-order chi connectivity index (χ0) is 14.8. The molecule has 0 aromatic rings. The van der Waals surface area contributed by atoms with Crippen molar-refractivity contribution in [3.8, 4) is 0 Å². The van der Waals surface area contributed by atoms with E-state index >= 15 is 0 Å². The molecule has 4 aliphatic carbocycles. The number of fused-ring (bicyclic) bond motifs is 5. The molecule has 4 saturated carbocycles. The van der Waals surface area contributed by atoms with Crippen LogP contribution in [0, 0.1) is 34.5 Å². The molecular formula is C19H30O2. The molecule has 4 rings (SSSR count). The molecule has 0 aromatic heterocycles. The van der Waals surface area contributed by atoms with Crippen LogP contribution >= 0.6 is 0 Å². The minimum absolute atomic E-state index is 0.00234. The molecule has 2 unspecified atom stereocenters. The first-order chi connectivity index (χ1) is 9.95. The van der Waals surface area contributed by atoms with E-state index in [0.29, 0.717) is 17.1 Å². The number of Topliss-reactive ketones (excluding diaryl/α,β-unsaturated/α-hetero) is 1. The van der Waals surface area contributed by atoms with Crippen molar-refractivity contribution in [3.05, 3.63) is 0 Å². The van der Waals surface area contributed by atoms with E-state index in [1.165, 1.54) is 25.7 Å². The third-order valence-corrected chi connectivity index (χ3v) is 8.30. The lowest BCUT2D eigenvalue weighted by Crippen LogP contribution is -2.54. The summed E-state index contributed by atoms with van der Waals surface area (Å²) in [7, 11) is 0. The normalized spacial score (nSPS) is 56.5. The van der Waals surface area contributed by atoms with Gasteiger partial charge in [-0.1, -0.05) is 13.8 Å². The molecule has 7 atom stereocenters. The van der Waals surface area contributed by atoms with Crippen LogP contribution < -0.4 is 0 Å². The van der Waals surface area contributed by atoms with Crippen LogP contribution in [0.4, 0.5) is 0 Å². The van der Waals surface area contributed by atoms with Crippen molar-refractivity contribution in [2.75, 3.05) is 0 Å². The first-order valence-electron chi connectivity index (χ1n) is 9.16. The molecule has 2 nitrogen and oxygen atoms in total. The second-order valence-electron chi connectivity index (χ2n) is 9.01. The molecule has 4 aliphatic rings. The number of rotatable bonds is 0. The number of aliphatic hydroxyl groups is 1. The van der Waals surface area contributed by atoms with Gasteiger partial charge >= 0.3 is 0 Å². The van der Waals surface area contributed by atoms with Gasteiger partial charge in [0.1, 0.15) is 5.78 Å². The SMILES string of the molecule is C[C@]12CC(O)CCC1CC[C@@H]1[C@@H]2CC[C@]2(C)C(=O)CC[C@@H]12. The molecule has 0 bridgehead atoms. The summed E-state index contributed by atoms with van der Waals surface area (Å²) in [4.78, 5) is 12.4. The van der Waals surface area contributed by atoms with Crippen LogP contribution in [0.1, 0.15) is 71.6 Å². The van der Waals surface area contributed by atoms with E-state index in [1.54, 1.807) is 0 Å². The number of aliphatic hydroxyl groups excluding tert-OH is 1. The maximum atomic E-state index is 12.4. The van der Waals surface area contributed by atoms with E-state index in [2.05, 4.69) is 13.8 Å². The minimum Gasteiger partial charge on any atom is -0.393 e. The topological polar surface area (TPSA) is 37.3 Å². The highest BCUT2D eigenvalue weighted by Gasteiger charge is 2.60. The summed E-state index contributed by atoms with van der Waals surface area (Å²) in [5.74, 6) is 3.52. The maximum absolute atomic E-state index is 12.4. The van der Waals surface area contributed by atoms with Crippen molar-refractivity contribution in [1.29, 1.82) is 0 Å². The molecule has 1 N–H and O–H groups in total. The lowest BCUT2D eigenvalue weighted by molar-refractivity contribution is -0.144. The molecular weight excluding hydrogens is 260 g/mol. The minimum atomic E-state index is -0.0801. The molecule has 2 heteroatoms. The van der Waals surface area contributed by atoms with Gasteiger partial charge in [-0.3, -0.25) is 4.79 Å². The lowest BCUT2D eigenvalue weighted by Gasteiger charge is -2.60. The van der Waals surface area contributed by atoms with Crippen LogP contribution in [0.5, 0.6) is 0 Å². The first kappa shape index (κ1) is 14.2. The summed E-state index contributed by atoms with van der Waals surface area (Å²) in [6, 6.07) is 0. The van der Waals surface area contributed by atoms with Crippen molar-refractivity contribution in [1.82, 2.24) is 0 Å². The molecule has 0 aromatic carbocycles. The highest BCUT2D eigenvalue weighted by Crippen LogP contribution is 2.65. The maximum Gasteiger partial charge on any atom is 0.139 e. The summed E-state index contributed by atoms with van der Waals surface area (Å²) in [6.45, 7) is 4.73. The fourth-order valence-corrected chi connectivity index (χ4v) is 7.10. The van der Waals surface area contributed by atoms with Crippen molar-refractivity contribution < 1.29 is 9.90 Å². The average Bonchev–Trinajstić information content (AvgIpc) is 2.74. The van der Waals surface area contributed by atoms with E-state index in [0.717, 1.165) is 49.9 Å². The zero-order valence-electron chi connectivity index (χ0n) is 13.6. The monoisotopic (exact) mass is 290 g/mol. The summed E-state index contributed by atoms with van der Waals surface area (Å²) in [6.07, 6.45) is 10.1. The third-order valence-electron chi connectivity index (χ3n) is 8.30. The average molecular weight is 290 g/mol. The Balaban J connectivity index is 1.66. The number of ketones is 1. The van der Waals surface area contributed by atoms with Crippen molar-refractivity contribution in [3.63, 3.8) is 0 Å². The molecule has 0 heterocycles. The van der Waals surface area contributed by atoms with Gasteiger partial charge in [0.05, 0.1) is 6.10 Å². The Morgan fingerprint density at radius 3 is 2.57 bits per heavy atom. The van der Waals surface area contributed by atoms with E-state index in [9.17, 15) is 9.90 Å². The quantitative estimate of drug-likeness (QED) is 0.733. The van der Waals surface area contributed by atoms with Crippen LogP contribution in [0.25, 0.3) is 0 Å². The van der Waals surface area contributed by atoms with Crippen molar-refractivity contribution in [2.24, 2.45) is 34.5 Å². The Hall–Kier alpha value is -0.370. The predicted octanol–water partition coefficient (Wildman–Crippen LogP) is 3.96.